The van der Waals surface area contributed by atoms with E-state index < -0.39 is 0 Å². The summed E-state index contributed by atoms with van der Waals surface area (Å²) in [5.41, 5.74) is 4.70. The van der Waals surface area contributed by atoms with Crippen molar-refractivity contribution in [2.45, 2.75) is 39.7 Å². The van der Waals surface area contributed by atoms with Crippen LogP contribution < -0.4 is 5.32 Å². The van der Waals surface area contributed by atoms with Gasteiger partial charge in [-0.05, 0) is 60.7 Å². The molecule has 1 aliphatic rings. The molecule has 0 fully saturated rings. The Kier molecular flexibility index (Phi) is 6.16. The SMILES string of the molecule is C=Cc1ncc(C(=O)N[C@@H]2CCc3cc(Cl)ccc32)cc1C.CC. The summed E-state index contributed by atoms with van der Waals surface area (Å²) in [7, 11) is 0. The number of rotatable bonds is 3. The zero-order valence-electron chi connectivity index (χ0n) is 14.4. The van der Waals surface area contributed by atoms with Crippen molar-refractivity contribution in [1.82, 2.24) is 10.3 Å². The van der Waals surface area contributed by atoms with Gasteiger partial charge in [0.2, 0.25) is 0 Å². The highest BCUT2D eigenvalue weighted by Gasteiger charge is 2.24. The first-order valence-electron chi connectivity index (χ1n) is 8.27. The van der Waals surface area contributed by atoms with Crippen molar-refractivity contribution in [1.29, 1.82) is 0 Å². The number of benzene rings is 1. The number of hydrogen-bond donors (Lipinski definition) is 1. The molecular weight excluding hydrogens is 320 g/mol. The summed E-state index contributed by atoms with van der Waals surface area (Å²) >= 11 is 6.01. The van der Waals surface area contributed by atoms with E-state index in [-0.39, 0.29) is 11.9 Å². The van der Waals surface area contributed by atoms with Crippen LogP contribution in [0.1, 0.15) is 59.1 Å². The number of pyridine rings is 1. The van der Waals surface area contributed by atoms with Crippen LogP contribution >= 0.6 is 11.6 Å². The second kappa shape index (κ2) is 8.11. The van der Waals surface area contributed by atoms with Gasteiger partial charge >= 0.3 is 0 Å². The van der Waals surface area contributed by atoms with Gasteiger partial charge in [0.15, 0.2) is 0 Å². The second-order valence-electron chi connectivity index (χ2n) is 5.54. The van der Waals surface area contributed by atoms with Gasteiger partial charge < -0.3 is 5.32 Å². The van der Waals surface area contributed by atoms with E-state index in [1.165, 1.54) is 5.56 Å². The number of nitrogens with one attached hydrogen (secondary N) is 1. The minimum absolute atomic E-state index is 0.0409. The predicted octanol–water partition coefficient (Wildman–Crippen LogP) is 5.13. The first-order chi connectivity index (χ1) is 11.6. The highest BCUT2D eigenvalue weighted by Crippen LogP contribution is 2.33. The van der Waals surface area contributed by atoms with Crippen LogP contribution in [-0.2, 0) is 6.42 Å². The summed E-state index contributed by atoms with van der Waals surface area (Å²) in [5, 5.41) is 3.83. The number of carbonyl (C=O) groups excluding carboxylic acids is 1. The Balaban J connectivity index is 0.00000100. The van der Waals surface area contributed by atoms with Gasteiger partial charge in [0.25, 0.3) is 5.91 Å². The van der Waals surface area contributed by atoms with Gasteiger partial charge in [0.1, 0.15) is 0 Å². The largest absolute Gasteiger partial charge is 0.345 e. The quantitative estimate of drug-likeness (QED) is 0.840. The number of nitrogens with zero attached hydrogens (tertiary/aromatic N) is 1. The van der Waals surface area contributed by atoms with Crippen molar-refractivity contribution in [3.63, 3.8) is 0 Å². The molecule has 1 amide bonds. The maximum absolute atomic E-state index is 12.4. The van der Waals surface area contributed by atoms with Crippen molar-refractivity contribution in [2.24, 2.45) is 0 Å². The van der Waals surface area contributed by atoms with Crippen LogP contribution in [0.3, 0.4) is 0 Å². The van der Waals surface area contributed by atoms with Gasteiger partial charge in [-0.2, -0.15) is 0 Å². The molecule has 0 spiro atoms. The monoisotopic (exact) mass is 342 g/mol. The molecule has 0 saturated heterocycles. The Hall–Kier alpha value is -2.13. The van der Waals surface area contributed by atoms with Crippen LogP contribution in [0.2, 0.25) is 5.02 Å². The fourth-order valence-corrected chi connectivity index (χ4v) is 3.10. The third kappa shape index (κ3) is 3.85. The van der Waals surface area contributed by atoms with E-state index in [0.717, 1.165) is 34.7 Å². The molecule has 1 heterocycles. The summed E-state index contributed by atoms with van der Waals surface area (Å²) in [6.45, 7) is 9.63. The van der Waals surface area contributed by atoms with Crippen molar-refractivity contribution < 1.29 is 4.79 Å². The predicted molar refractivity (Wildman–Crippen MR) is 100 cm³/mol. The van der Waals surface area contributed by atoms with Crippen molar-refractivity contribution in [2.75, 3.05) is 0 Å². The molecule has 1 aromatic carbocycles. The maximum Gasteiger partial charge on any atom is 0.253 e. The number of carbonyl (C=O) groups is 1. The summed E-state index contributed by atoms with van der Waals surface area (Å²) in [6.07, 6.45) is 5.12. The van der Waals surface area contributed by atoms with Gasteiger partial charge in [-0.15, -0.1) is 0 Å². The lowest BCUT2D eigenvalue weighted by Crippen LogP contribution is -2.27. The molecule has 0 aliphatic heterocycles. The van der Waals surface area contributed by atoms with Crippen LogP contribution in [0.5, 0.6) is 0 Å². The number of hydrogen-bond acceptors (Lipinski definition) is 2. The smallest absolute Gasteiger partial charge is 0.253 e. The van der Waals surface area contributed by atoms with Crippen LogP contribution in [0.15, 0.2) is 37.0 Å². The van der Waals surface area contributed by atoms with E-state index in [1.54, 1.807) is 12.3 Å². The van der Waals surface area contributed by atoms with E-state index in [9.17, 15) is 4.79 Å². The van der Waals surface area contributed by atoms with Crippen LogP contribution in [-0.4, -0.2) is 10.9 Å². The lowest BCUT2D eigenvalue weighted by Gasteiger charge is -2.14. The van der Waals surface area contributed by atoms with E-state index >= 15 is 0 Å². The summed E-state index contributed by atoms with van der Waals surface area (Å²) in [6, 6.07) is 7.74. The Labute approximate surface area is 148 Å². The Morgan fingerprint density at radius 2 is 2.12 bits per heavy atom. The first kappa shape index (κ1) is 18.2. The van der Waals surface area contributed by atoms with Gasteiger partial charge in [0.05, 0.1) is 17.3 Å². The molecule has 0 bridgehead atoms. The van der Waals surface area contributed by atoms with Gasteiger partial charge in [0, 0.05) is 11.2 Å². The van der Waals surface area contributed by atoms with E-state index in [1.807, 2.05) is 45.0 Å². The molecule has 0 radical (unpaired) electrons. The molecule has 0 saturated carbocycles. The van der Waals surface area contributed by atoms with Crippen LogP contribution in [0, 0.1) is 6.92 Å². The lowest BCUT2D eigenvalue weighted by molar-refractivity contribution is 0.0936. The third-order valence-electron chi connectivity index (χ3n) is 4.06. The average Bonchev–Trinajstić information content (AvgIpc) is 2.98. The molecule has 1 aromatic heterocycles. The zero-order chi connectivity index (χ0) is 17.7. The molecule has 1 atom stereocenters. The highest BCUT2D eigenvalue weighted by atomic mass is 35.5. The average molecular weight is 343 g/mol. The summed E-state index contributed by atoms with van der Waals surface area (Å²) < 4.78 is 0. The molecule has 24 heavy (non-hydrogen) atoms. The standard InChI is InChI=1S/C18H17ClN2O.C2H6/c1-3-16-11(2)8-13(10-20-16)18(22)21-17-7-4-12-9-14(19)5-6-15(12)17;1-2/h3,5-6,8-10,17H,1,4,7H2,2H3,(H,21,22);1-2H3/t17-;/m1./s1. The maximum atomic E-state index is 12.4. The second-order valence-corrected chi connectivity index (χ2v) is 5.97. The summed E-state index contributed by atoms with van der Waals surface area (Å²) in [5.74, 6) is -0.0981. The minimum atomic E-state index is -0.0981. The number of aromatic nitrogens is 1. The Bertz CT molecular complexity index is 755. The number of halogens is 1. The molecule has 2 aromatic rings. The third-order valence-corrected chi connectivity index (χ3v) is 4.30. The highest BCUT2D eigenvalue weighted by molar-refractivity contribution is 6.30. The fourth-order valence-electron chi connectivity index (χ4n) is 2.90. The molecular formula is C20H23ClN2O. The normalized spacial score (nSPS) is 15.1. The van der Waals surface area contributed by atoms with Gasteiger partial charge in [-0.25, -0.2) is 0 Å². The molecule has 126 valence electrons. The molecule has 0 unspecified atom stereocenters. The van der Waals surface area contributed by atoms with E-state index in [0.29, 0.717) is 5.56 Å². The van der Waals surface area contributed by atoms with Gasteiger partial charge in [-0.1, -0.05) is 38.1 Å². The lowest BCUT2D eigenvalue weighted by atomic mass is 10.1. The molecule has 3 nitrogen and oxygen atoms in total. The van der Waals surface area contributed by atoms with E-state index in [2.05, 4.69) is 16.9 Å². The van der Waals surface area contributed by atoms with Crippen molar-refractivity contribution in [3.8, 4) is 0 Å². The Morgan fingerprint density at radius 1 is 1.38 bits per heavy atom. The Morgan fingerprint density at radius 3 is 2.79 bits per heavy atom. The van der Waals surface area contributed by atoms with Crippen molar-refractivity contribution >= 4 is 23.6 Å². The molecule has 1 N–H and O–H groups in total. The van der Waals surface area contributed by atoms with E-state index in [4.69, 9.17) is 11.6 Å². The topological polar surface area (TPSA) is 42.0 Å². The zero-order valence-corrected chi connectivity index (χ0v) is 15.2. The van der Waals surface area contributed by atoms with Gasteiger partial charge in [-0.3, -0.25) is 9.78 Å². The van der Waals surface area contributed by atoms with Crippen molar-refractivity contribution in [3.05, 3.63) is 70.0 Å². The van der Waals surface area contributed by atoms with Crippen LogP contribution in [0.25, 0.3) is 6.08 Å². The first-order valence-corrected chi connectivity index (χ1v) is 8.64. The molecule has 1 aliphatic carbocycles. The number of aryl methyl sites for hydroxylation is 2. The molecule has 4 heteroatoms. The van der Waals surface area contributed by atoms with Crippen LogP contribution in [0.4, 0.5) is 0 Å². The number of amides is 1. The minimum Gasteiger partial charge on any atom is -0.345 e. The molecule has 3 rings (SSSR count). The summed E-state index contributed by atoms with van der Waals surface area (Å²) in [4.78, 5) is 16.7. The number of fused-ring (bicyclic) bond motifs is 1. The fraction of sp³-hybridized carbons (Fsp3) is 0.300.